The van der Waals surface area contributed by atoms with Gasteiger partial charge >= 0.3 is 0 Å². The van der Waals surface area contributed by atoms with Crippen molar-refractivity contribution in [1.82, 2.24) is 0 Å². The van der Waals surface area contributed by atoms with Crippen molar-refractivity contribution in [1.29, 1.82) is 5.26 Å². The van der Waals surface area contributed by atoms with Crippen molar-refractivity contribution in [3.8, 4) is 23.3 Å². The van der Waals surface area contributed by atoms with Gasteiger partial charge in [0.15, 0.2) is 0 Å². The van der Waals surface area contributed by atoms with Crippen LogP contribution in [0.25, 0.3) is 0 Å². The summed E-state index contributed by atoms with van der Waals surface area (Å²) in [6.45, 7) is 0. The third-order valence-electron chi connectivity index (χ3n) is 3.65. The highest BCUT2D eigenvalue weighted by Gasteiger charge is 2.16. The van der Waals surface area contributed by atoms with Crippen LogP contribution in [0.5, 0.6) is 17.2 Å². The highest BCUT2D eigenvalue weighted by Crippen LogP contribution is 2.32. The second-order valence-electron chi connectivity index (χ2n) is 4.96. The molecule has 5 heteroatoms. The van der Waals surface area contributed by atoms with E-state index in [0.29, 0.717) is 17.2 Å². The molecule has 2 aromatic carbocycles. The molecule has 0 bridgehead atoms. The zero-order chi connectivity index (χ0) is 16.8. The van der Waals surface area contributed by atoms with Crippen LogP contribution in [-0.4, -0.2) is 21.3 Å². The quantitative estimate of drug-likeness (QED) is 0.795. The molecule has 0 aliphatic rings. The van der Waals surface area contributed by atoms with Crippen LogP contribution in [-0.2, 0) is 6.42 Å². The summed E-state index contributed by atoms with van der Waals surface area (Å²) >= 11 is 6.16. The summed E-state index contributed by atoms with van der Waals surface area (Å²) in [4.78, 5) is 0. The second kappa shape index (κ2) is 7.75. The Labute approximate surface area is 141 Å². The van der Waals surface area contributed by atoms with Crippen molar-refractivity contribution < 1.29 is 14.2 Å². The molecule has 0 aliphatic carbocycles. The van der Waals surface area contributed by atoms with Crippen molar-refractivity contribution in [2.75, 3.05) is 21.3 Å². The zero-order valence-corrected chi connectivity index (χ0v) is 14.1. The van der Waals surface area contributed by atoms with E-state index in [9.17, 15) is 5.26 Å². The highest BCUT2D eigenvalue weighted by atomic mass is 35.5. The Kier molecular flexibility index (Phi) is 5.72. The number of ether oxygens (including phenoxy) is 3. The van der Waals surface area contributed by atoms with Crippen LogP contribution >= 0.6 is 11.6 Å². The average molecular weight is 332 g/mol. The summed E-state index contributed by atoms with van der Waals surface area (Å²) in [5.41, 5.74) is 1.74. The van der Waals surface area contributed by atoms with E-state index in [1.165, 1.54) is 0 Å². The topological polar surface area (TPSA) is 51.5 Å². The van der Waals surface area contributed by atoms with Crippen molar-refractivity contribution >= 4 is 11.6 Å². The molecular weight excluding hydrogens is 314 g/mol. The number of hydrogen-bond acceptors (Lipinski definition) is 4. The van der Waals surface area contributed by atoms with Crippen LogP contribution in [0.4, 0.5) is 0 Å². The van der Waals surface area contributed by atoms with Gasteiger partial charge in [0.1, 0.15) is 17.2 Å². The van der Waals surface area contributed by atoms with Crippen LogP contribution in [0.2, 0.25) is 5.02 Å². The Hall–Kier alpha value is -2.38. The predicted molar refractivity (Wildman–Crippen MR) is 89.6 cm³/mol. The lowest BCUT2D eigenvalue weighted by atomic mass is 9.92. The predicted octanol–water partition coefficient (Wildman–Crippen LogP) is 4.22. The minimum Gasteiger partial charge on any atom is -0.497 e. The molecule has 0 amide bonds. The molecule has 0 aromatic heterocycles. The van der Waals surface area contributed by atoms with E-state index < -0.39 is 0 Å². The van der Waals surface area contributed by atoms with Crippen molar-refractivity contribution in [2.24, 2.45) is 0 Å². The van der Waals surface area contributed by atoms with Gasteiger partial charge in [-0.05, 0) is 47.9 Å². The fraction of sp³-hybridized carbons (Fsp3) is 0.278. The van der Waals surface area contributed by atoms with Gasteiger partial charge in [-0.15, -0.1) is 0 Å². The van der Waals surface area contributed by atoms with Crippen LogP contribution in [0, 0.1) is 11.3 Å². The number of nitrogens with zero attached hydrogens (tertiary/aromatic N) is 1. The molecule has 2 rings (SSSR count). The fourth-order valence-electron chi connectivity index (χ4n) is 2.40. The average Bonchev–Trinajstić information content (AvgIpc) is 2.59. The van der Waals surface area contributed by atoms with E-state index in [1.807, 2.05) is 24.3 Å². The molecule has 23 heavy (non-hydrogen) atoms. The molecule has 0 spiro atoms. The van der Waals surface area contributed by atoms with Crippen LogP contribution in [0.1, 0.15) is 17.0 Å². The smallest absolute Gasteiger partial charge is 0.137 e. The van der Waals surface area contributed by atoms with Gasteiger partial charge in [-0.25, -0.2) is 0 Å². The lowest BCUT2D eigenvalue weighted by Crippen LogP contribution is -2.03. The lowest BCUT2D eigenvalue weighted by Gasteiger charge is -2.15. The molecule has 0 heterocycles. The summed E-state index contributed by atoms with van der Waals surface area (Å²) in [6.07, 6.45) is 0.500. The summed E-state index contributed by atoms with van der Waals surface area (Å²) < 4.78 is 15.8. The van der Waals surface area contributed by atoms with Gasteiger partial charge in [0.05, 0.1) is 38.3 Å². The van der Waals surface area contributed by atoms with E-state index in [4.69, 9.17) is 25.8 Å². The molecule has 1 unspecified atom stereocenters. The molecule has 0 radical (unpaired) electrons. The third-order valence-corrected chi connectivity index (χ3v) is 3.94. The van der Waals surface area contributed by atoms with Gasteiger partial charge < -0.3 is 14.2 Å². The third kappa shape index (κ3) is 3.88. The molecule has 1 atom stereocenters. The van der Waals surface area contributed by atoms with E-state index in [-0.39, 0.29) is 5.92 Å². The van der Waals surface area contributed by atoms with Crippen LogP contribution in [0.3, 0.4) is 0 Å². The fourth-order valence-corrected chi connectivity index (χ4v) is 2.66. The van der Waals surface area contributed by atoms with Gasteiger partial charge in [-0.1, -0.05) is 17.7 Å². The Morgan fingerprint density at radius 1 is 1.00 bits per heavy atom. The van der Waals surface area contributed by atoms with Crippen LogP contribution < -0.4 is 14.2 Å². The largest absolute Gasteiger partial charge is 0.497 e. The molecule has 4 nitrogen and oxygen atoms in total. The molecule has 120 valence electrons. The normalized spacial score (nSPS) is 11.4. The Bertz CT molecular complexity index is 725. The number of rotatable bonds is 6. The van der Waals surface area contributed by atoms with Gasteiger partial charge in [-0.2, -0.15) is 5.26 Å². The van der Waals surface area contributed by atoms with E-state index in [0.717, 1.165) is 22.6 Å². The van der Waals surface area contributed by atoms with Crippen LogP contribution in [0.15, 0.2) is 36.4 Å². The molecule has 0 fully saturated rings. The SMILES string of the molecule is COc1ccc(OC)c(CC(C#N)c2ccc(OC)c(Cl)c2)c1. The molecular formula is C18H18ClNO3. The van der Waals surface area contributed by atoms with Crippen molar-refractivity contribution in [2.45, 2.75) is 12.3 Å². The Balaban J connectivity index is 2.33. The van der Waals surface area contributed by atoms with Gasteiger partial charge in [-0.3, -0.25) is 0 Å². The Morgan fingerprint density at radius 2 is 1.70 bits per heavy atom. The summed E-state index contributed by atoms with van der Waals surface area (Å²) in [7, 11) is 4.78. The van der Waals surface area contributed by atoms with Crippen molar-refractivity contribution in [3.63, 3.8) is 0 Å². The first-order chi connectivity index (χ1) is 11.1. The minimum atomic E-state index is -0.348. The first kappa shape index (κ1) is 17.0. The van der Waals surface area contributed by atoms with Crippen molar-refractivity contribution in [3.05, 3.63) is 52.5 Å². The summed E-state index contributed by atoms with van der Waals surface area (Å²) in [6, 6.07) is 13.3. The molecule has 2 aromatic rings. The molecule has 0 aliphatic heterocycles. The minimum absolute atomic E-state index is 0.348. The maximum atomic E-state index is 9.55. The molecule has 0 saturated heterocycles. The summed E-state index contributed by atoms with van der Waals surface area (Å²) in [5.74, 6) is 1.70. The highest BCUT2D eigenvalue weighted by molar-refractivity contribution is 6.32. The maximum Gasteiger partial charge on any atom is 0.137 e. The lowest BCUT2D eigenvalue weighted by molar-refractivity contribution is 0.398. The number of methoxy groups -OCH3 is 3. The molecule has 0 N–H and O–H groups in total. The maximum absolute atomic E-state index is 9.55. The zero-order valence-electron chi connectivity index (χ0n) is 13.3. The monoisotopic (exact) mass is 331 g/mol. The van der Waals surface area contributed by atoms with Gasteiger partial charge in [0, 0.05) is 0 Å². The Morgan fingerprint density at radius 3 is 2.26 bits per heavy atom. The van der Waals surface area contributed by atoms with Gasteiger partial charge in [0.25, 0.3) is 0 Å². The number of nitriles is 1. The number of hydrogen-bond donors (Lipinski definition) is 0. The van der Waals surface area contributed by atoms with E-state index >= 15 is 0 Å². The summed E-state index contributed by atoms with van der Waals surface area (Å²) in [5, 5.41) is 10.0. The molecule has 0 saturated carbocycles. The number of benzene rings is 2. The number of halogens is 1. The van der Waals surface area contributed by atoms with E-state index in [2.05, 4.69) is 6.07 Å². The second-order valence-corrected chi connectivity index (χ2v) is 5.36. The first-order valence-electron chi connectivity index (χ1n) is 7.06. The first-order valence-corrected chi connectivity index (χ1v) is 7.44. The van der Waals surface area contributed by atoms with Gasteiger partial charge in [0.2, 0.25) is 0 Å². The van der Waals surface area contributed by atoms with E-state index in [1.54, 1.807) is 33.5 Å². The standard InChI is InChI=1S/C18H18ClNO3/c1-21-15-5-7-17(22-2)13(9-15)8-14(11-20)12-4-6-18(23-3)16(19)10-12/h4-7,9-10,14H,8H2,1-3H3.